The fourth-order valence-electron chi connectivity index (χ4n) is 3.32. The van der Waals surface area contributed by atoms with Crippen LogP contribution in [0.25, 0.3) is 0 Å². The standard InChI is InChI=1S/C19H26N2O2S/c1-14-11-18(15(2)24-14)19(22)13-20-7-9-21(10-8-20)16-5-4-6-17(12-16)23-3/h4-6,11-12,19,22H,7-10,13H2,1-3H3. The molecule has 0 radical (unpaired) electrons. The van der Waals surface area contributed by atoms with Crippen LogP contribution < -0.4 is 9.64 Å². The number of piperazine rings is 1. The maximum atomic E-state index is 10.6. The van der Waals surface area contributed by atoms with Crippen molar-refractivity contribution in [1.82, 2.24) is 4.90 Å². The number of β-amino-alcohol motifs (C(OH)–C–C–N with tert-alkyl or cyclic N) is 1. The Hall–Kier alpha value is -1.56. The number of hydrogen-bond acceptors (Lipinski definition) is 5. The van der Waals surface area contributed by atoms with Crippen molar-refractivity contribution in [2.24, 2.45) is 0 Å². The summed E-state index contributed by atoms with van der Waals surface area (Å²) in [5, 5.41) is 10.6. The minimum atomic E-state index is -0.390. The first-order valence-corrected chi connectivity index (χ1v) is 9.25. The summed E-state index contributed by atoms with van der Waals surface area (Å²) in [6, 6.07) is 10.3. The van der Waals surface area contributed by atoms with Gasteiger partial charge in [0.05, 0.1) is 13.2 Å². The Bertz CT molecular complexity index is 678. The van der Waals surface area contributed by atoms with Gasteiger partial charge in [0.25, 0.3) is 0 Å². The maximum absolute atomic E-state index is 10.6. The van der Waals surface area contributed by atoms with Crippen LogP contribution in [-0.2, 0) is 0 Å². The molecule has 1 atom stereocenters. The van der Waals surface area contributed by atoms with E-state index < -0.39 is 6.10 Å². The molecule has 3 rings (SSSR count). The minimum absolute atomic E-state index is 0.390. The number of rotatable bonds is 5. The molecule has 1 saturated heterocycles. The molecule has 0 amide bonds. The Balaban J connectivity index is 1.56. The molecule has 1 aromatic heterocycles. The summed E-state index contributed by atoms with van der Waals surface area (Å²) in [6.45, 7) is 8.79. The molecule has 1 aliphatic rings. The van der Waals surface area contributed by atoms with Crippen LogP contribution >= 0.6 is 11.3 Å². The number of hydrogen-bond donors (Lipinski definition) is 1. The van der Waals surface area contributed by atoms with Gasteiger partial charge < -0.3 is 14.7 Å². The van der Waals surface area contributed by atoms with E-state index in [0.29, 0.717) is 6.54 Å². The maximum Gasteiger partial charge on any atom is 0.120 e. The van der Waals surface area contributed by atoms with Gasteiger partial charge in [-0.05, 0) is 37.6 Å². The fourth-order valence-corrected chi connectivity index (χ4v) is 4.30. The number of aliphatic hydroxyl groups excluding tert-OH is 1. The van der Waals surface area contributed by atoms with E-state index in [1.165, 1.54) is 15.4 Å². The van der Waals surface area contributed by atoms with E-state index in [2.05, 4.69) is 41.8 Å². The number of aryl methyl sites for hydroxylation is 2. The highest BCUT2D eigenvalue weighted by Crippen LogP contribution is 2.27. The van der Waals surface area contributed by atoms with Crippen molar-refractivity contribution in [3.05, 3.63) is 45.6 Å². The first kappa shape index (κ1) is 17.3. The highest BCUT2D eigenvalue weighted by atomic mass is 32.1. The number of methoxy groups -OCH3 is 1. The van der Waals surface area contributed by atoms with Crippen LogP contribution in [-0.4, -0.2) is 49.8 Å². The molecule has 2 aromatic rings. The van der Waals surface area contributed by atoms with E-state index >= 15 is 0 Å². The molecule has 1 N–H and O–H groups in total. The fraction of sp³-hybridized carbons (Fsp3) is 0.474. The van der Waals surface area contributed by atoms with E-state index in [9.17, 15) is 5.11 Å². The SMILES string of the molecule is COc1cccc(N2CCN(CC(O)c3cc(C)sc3C)CC2)c1. The van der Waals surface area contributed by atoms with Crippen molar-refractivity contribution in [2.75, 3.05) is 44.7 Å². The third kappa shape index (κ3) is 3.91. The van der Waals surface area contributed by atoms with Crippen LogP contribution in [0.1, 0.15) is 21.4 Å². The number of ether oxygens (including phenoxy) is 1. The first-order chi connectivity index (χ1) is 11.6. The smallest absolute Gasteiger partial charge is 0.120 e. The van der Waals surface area contributed by atoms with Crippen molar-refractivity contribution < 1.29 is 9.84 Å². The van der Waals surface area contributed by atoms with Crippen LogP contribution in [0.3, 0.4) is 0 Å². The number of aliphatic hydroxyl groups is 1. The molecule has 1 unspecified atom stereocenters. The normalized spacial score (nSPS) is 17.1. The van der Waals surface area contributed by atoms with Gasteiger partial charge in [0, 0.05) is 54.2 Å². The topological polar surface area (TPSA) is 35.9 Å². The number of nitrogens with zero attached hydrogens (tertiary/aromatic N) is 2. The van der Waals surface area contributed by atoms with Crippen molar-refractivity contribution in [3.8, 4) is 5.75 Å². The first-order valence-electron chi connectivity index (χ1n) is 8.43. The summed E-state index contributed by atoms with van der Waals surface area (Å²) < 4.78 is 5.31. The van der Waals surface area contributed by atoms with E-state index in [4.69, 9.17) is 4.74 Å². The lowest BCUT2D eigenvalue weighted by Gasteiger charge is -2.37. The predicted octanol–water partition coefficient (Wildman–Crippen LogP) is 3.23. The van der Waals surface area contributed by atoms with Crippen molar-refractivity contribution in [1.29, 1.82) is 0 Å². The lowest BCUT2D eigenvalue weighted by molar-refractivity contribution is 0.109. The van der Waals surface area contributed by atoms with Gasteiger partial charge in [-0.3, -0.25) is 4.90 Å². The Morgan fingerprint density at radius 3 is 2.54 bits per heavy atom. The molecule has 130 valence electrons. The molecule has 0 bridgehead atoms. The second-order valence-corrected chi connectivity index (χ2v) is 7.83. The number of benzene rings is 1. The summed E-state index contributed by atoms with van der Waals surface area (Å²) in [5.74, 6) is 0.897. The summed E-state index contributed by atoms with van der Waals surface area (Å²) in [6.07, 6.45) is -0.390. The second-order valence-electron chi connectivity index (χ2n) is 6.37. The summed E-state index contributed by atoms with van der Waals surface area (Å²) >= 11 is 1.76. The lowest BCUT2D eigenvalue weighted by atomic mass is 10.1. The van der Waals surface area contributed by atoms with Gasteiger partial charge in [0.1, 0.15) is 5.75 Å². The zero-order valence-electron chi connectivity index (χ0n) is 14.7. The monoisotopic (exact) mass is 346 g/mol. The Morgan fingerprint density at radius 2 is 1.92 bits per heavy atom. The molecule has 24 heavy (non-hydrogen) atoms. The Kier molecular flexibility index (Phi) is 5.43. The summed E-state index contributed by atoms with van der Waals surface area (Å²) in [5.41, 5.74) is 2.30. The molecule has 0 spiro atoms. The molecule has 0 aliphatic carbocycles. The zero-order valence-corrected chi connectivity index (χ0v) is 15.5. The van der Waals surface area contributed by atoms with Crippen molar-refractivity contribution in [3.63, 3.8) is 0 Å². The molecule has 1 aromatic carbocycles. The van der Waals surface area contributed by atoms with Crippen LogP contribution in [0.5, 0.6) is 5.75 Å². The van der Waals surface area contributed by atoms with E-state index in [-0.39, 0.29) is 0 Å². The average Bonchev–Trinajstić information content (AvgIpc) is 2.94. The van der Waals surface area contributed by atoms with Crippen LogP contribution in [0.15, 0.2) is 30.3 Å². The Morgan fingerprint density at radius 1 is 1.17 bits per heavy atom. The lowest BCUT2D eigenvalue weighted by Crippen LogP contribution is -2.47. The molecular formula is C19H26N2O2S. The van der Waals surface area contributed by atoms with Gasteiger partial charge in [-0.1, -0.05) is 6.07 Å². The van der Waals surface area contributed by atoms with Gasteiger partial charge in [-0.15, -0.1) is 11.3 Å². The van der Waals surface area contributed by atoms with E-state index in [1.54, 1.807) is 18.4 Å². The molecule has 0 saturated carbocycles. The van der Waals surface area contributed by atoms with Crippen LogP contribution in [0, 0.1) is 13.8 Å². The summed E-state index contributed by atoms with van der Waals surface area (Å²) in [7, 11) is 1.70. The minimum Gasteiger partial charge on any atom is -0.497 e. The number of thiophene rings is 1. The Labute approximate surface area is 148 Å². The quantitative estimate of drug-likeness (QED) is 0.902. The molecule has 2 heterocycles. The predicted molar refractivity (Wildman–Crippen MR) is 100 cm³/mol. The van der Waals surface area contributed by atoms with Gasteiger partial charge in [0.2, 0.25) is 0 Å². The van der Waals surface area contributed by atoms with Gasteiger partial charge in [-0.25, -0.2) is 0 Å². The molecule has 5 heteroatoms. The van der Waals surface area contributed by atoms with Gasteiger partial charge >= 0.3 is 0 Å². The van der Waals surface area contributed by atoms with Gasteiger partial charge in [0.15, 0.2) is 0 Å². The second kappa shape index (κ2) is 7.55. The van der Waals surface area contributed by atoms with E-state index in [0.717, 1.165) is 37.5 Å². The highest BCUT2D eigenvalue weighted by Gasteiger charge is 2.21. The van der Waals surface area contributed by atoms with Crippen LogP contribution in [0.4, 0.5) is 5.69 Å². The molecular weight excluding hydrogens is 320 g/mol. The highest BCUT2D eigenvalue weighted by molar-refractivity contribution is 7.12. The average molecular weight is 346 g/mol. The largest absolute Gasteiger partial charge is 0.497 e. The number of anilines is 1. The van der Waals surface area contributed by atoms with Crippen molar-refractivity contribution >= 4 is 17.0 Å². The molecule has 1 fully saturated rings. The van der Waals surface area contributed by atoms with Crippen LogP contribution in [0.2, 0.25) is 0 Å². The zero-order chi connectivity index (χ0) is 17.1. The van der Waals surface area contributed by atoms with Crippen molar-refractivity contribution in [2.45, 2.75) is 20.0 Å². The third-order valence-electron chi connectivity index (χ3n) is 4.66. The van der Waals surface area contributed by atoms with Gasteiger partial charge in [-0.2, -0.15) is 0 Å². The molecule has 4 nitrogen and oxygen atoms in total. The third-order valence-corrected chi connectivity index (χ3v) is 5.64. The summed E-state index contributed by atoms with van der Waals surface area (Å²) in [4.78, 5) is 7.23. The van der Waals surface area contributed by atoms with E-state index in [1.807, 2.05) is 12.1 Å². The molecule has 1 aliphatic heterocycles.